The van der Waals surface area contributed by atoms with Crippen LogP contribution in [0.15, 0.2) is 24.3 Å². The van der Waals surface area contributed by atoms with Crippen molar-refractivity contribution in [3.8, 4) is 0 Å². The van der Waals surface area contributed by atoms with Gasteiger partial charge in [0.05, 0.1) is 11.3 Å². The monoisotopic (exact) mass is 327 g/mol. The van der Waals surface area contributed by atoms with Gasteiger partial charge >= 0.3 is 6.09 Å². The van der Waals surface area contributed by atoms with Gasteiger partial charge in [0.2, 0.25) is 0 Å². The Morgan fingerprint density at radius 2 is 1.92 bits per heavy atom. The summed E-state index contributed by atoms with van der Waals surface area (Å²) in [5.74, 6) is 1.34. The first-order chi connectivity index (χ1) is 11.6. The number of hydrogen-bond acceptors (Lipinski definition) is 3. The number of ether oxygens (including phenoxy) is 1. The number of carbonyl (C=O) groups is 1. The molecule has 4 saturated carbocycles. The predicted octanol–water partition coefficient (Wildman–Crippen LogP) is 3.52. The highest BCUT2D eigenvalue weighted by atomic mass is 16.6. The first-order valence-electron chi connectivity index (χ1n) is 9.40. The van der Waals surface area contributed by atoms with Crippen molar-refractivity contribution in [2.75, 3.05) is 11.4 Å². The lowest BCUT2D eigenvalue weighted by molar-refractivity contribution is -0.175. The van der Waals surface area contributed by atoms with Crippen LogP contribution in [0.3, 0.4) is 0 Å². The fourth-order valence-corrected chi connectivity index (χ4v) is 6.03. The number of fused-ring (bicyclic) bond motifs is 1. The molecule has 1 aromatic carbocycles. The van der Waals surface area contributed by atoms with Crippen LogP contribution in [0, 0.1) is 17.8 Å². The van der Waals surface area contributed by atoms with Crippen molar-refractivity contribution in [2.24, 2.45) is 17.8 Å². The van der Waals surface area contributed by atoms with Crippen molar-refractivity contribution in [1.82, 2.24) is 0 Å². The lowest BCUT2D eigenvalue weighted by atomic mass is 9.53. The van der Waals surface area contributed by atoms with E-state index in [1.807, 2.05) is 23.1 Å². The Morgan fingerprint density at radius 3 is 2.67 bits per heavy atom. The smallest absolute Gasteiger partial charge is 0.414 e. The topological polar surface area (TPSA) is 49.8 Å². The molecule has 128 valence electrons. The van der Waals surface area contributed by atoms with Gasteiger partial charge < -0.3 is 9.84 Å². The zero-order valence-corrected chi connectivity index (χ0v) is 14.0. The normalized spacial score (nSPS) is 39.6. The van der Waals surface area contributed by atoms with Gasteiger partial charge in [-0.2, -0.15) is 0 Å². The number of carbonyl (C=O) groups excluding carboxylic acids is 1. The summed E-state index contributed by atoms with van der Waals surface area (Å²) < 4.78 is 6.04. The highest BCUT2D eigenvalue weighted by Gasteiger charge is 2.56. The van der Waals surface area contributed by atoms with E-state index < -0.39 is 5.60 Å². The molecule has 1 amide bonds. The molecule has 4 nitrogen and oxygen atoms in total. The van der Waals surface area contributed by atoms with Gasteiger partial charge in [-0.05, 0) is 74.3 Å². The van der Waals surface area contributed by atoms with E-state index in [4.69, 9.17) is 4.74 Å². The molecule has 1 aliphatic heterocycles. The Balaban J connectivity index is 1.35. The average molecular weight is 327 g/mol. The maximum absolute atomic E-state index is 12.9. The van der Waals surface area contributed by atoms with Crippen molar-refractivity contribution < 1.29 is 14.6 Å². The summed E-state index contributed by atoms with van der Waals surface area (Å²) in [7, 11) is 0. The van der Waals surface area contributed by atoms with E-state index in [9.17, 15) is 9.90 Å². The van der Waals surface area contributed by atoms with E-state index in [0.29, 0.717) is 17.8 Å². The van der Waals surface area contributed by atoms with Crippen molar-refractivity contribution in [1.29, 1.82) is 0 Å². The first kappa shape index (κ1) is 14.8. The molecule has 4 aliphatic carbocycles. The summed E-state index contributed by atoms with van der Waals surface area (Å²) in [6.07, 6.45) is 6.66. The van der Waals surface area contributed by atoms with Crippen LogP contribution in [0.2, 0.25) is 0 Å². The second-order valence-electron chi connectivity index (χ2n) is 8.43. The van der Waals surface area contributed by atoms with E-state index in [1.165, 1.54) is 5.56 Å². The van der Waals surface area contributed by atoms with E-state index in [-0.39, 0.29) is 12.2 Å². The zero-order valence-electron chi connectivity index (χ0n) is 14.0. The van der Waals surface area contributed by atoms with E-state index in [1.54, 1.807) is 0 Å². The number of rotatable bonds is 1. The standard InChI is InChI=1S/C20H25NO3/c22-19(21-7-3-5-14-4-1-2-6-17(14)21)24-18-15-8-13-9-16(18)12-20(23,10-13)11-15/h1-2,4,6,13,15-16,18,23H,3,5,7-12H2. The van der Waals surface area contributed by atoms with Gasteiger partial charge in [0, 0.05) is 6.54 Å². The zero-order chi connectivity index (χ0) is 16.3. The molecular formula is C20H25NO3. The Morgan fingerprint density at radius 1 is 1.17 bits per heavy atom. The van der Waals surface area contributed by atoms with E-state index >= 15 is 0 Å². The maximum atomic E-state index is 12.9. The summed E-state index contributed by atoms with van der Waals surface area (Å²) in [5.41, 5.74) is 1.77. The highest BCUT2D eigenvalue weighted by molar-refractivity contribution is 5.89. The number of aliphatic hydroxyl groups is 1. The number of amides is 1. The number of benzene rings is 1. The molecule has 5 aliphatic rings. The SMILES string of the molecule is O=C(OC1C2CC3CC1CC(O)(C3)C2)N1CCCc2ccccc21. The minimum absolute atomic E-state index is 0.00316. The Labute approximate surface area is 142 Å². The van der Waals surface area contributed by atoms with Crippen LogP contribution >= 0.6 is 0 Å². The number of anilines is 1. The Kier molecular flexibility index (Phi) is 3.21. The van der Waals surface area contributed by atoms with Crippen LogP contribution in [0.1, 0.15) is 44.1 Å². The van der Waals surface area contributed by atoms with Crippen molar-refractivity contribution in [2.45, 2.75) is 56.7 Å². The number of hydrogen-bond donors (Lipinski definition) is 1. The largest absolute Gasteiger partial charge is 0.445 e. The molecule has 1 aromatic rings. The molecule has 0 radical (unpaired) electrons. The third kappa shape index (κ3) is 2.26. The summed E-state index contributed by atoms with van der Waals surface area (Å²) in [6, 6.07) is 8.15. The van der Waals surface area contributed by atoms with Crippen LogP contribution in [0.4, 0.5) is 10.5 Å². The minimum Gasteiger partial charge on any atom is -0.445 e. The predicted molar refractivity (Wildman–Crippen MR) is 90.9 cm³/mol. The third-order valence-corrected chi connectivity index (χ3v) is 6.72. The second kappa shape index (κ2) is 5.22. The average Bonchev–Trinajstić information content (AvgIpc) is 2.56. The quantitative estimate of drug-likeness (QED) is 0.858. The molecule has 2 atom stereocenters. The fourth-order valence-electron chi connectivity index (χ4n) is 6.03. The summed E-state index contributed by atoms with van der Waals surface area (Å²) in [6.45, 7) is 0.741. The van der Waals surface area contributed by atoms with E-state index in [0.717, 1.165) is 57.2 Å². The van der Waals surface area contributed by atoms with Gasteiger partial charge in [-0.1, -0.05) is 18.2 Å². The molecule has 0 aromatic heterocycles. The van der Waals surface area contributed by atoms with Crippen LogP contribution in [0.5, 0.6) is 0 Å². The summed E-state index contributed by atoms with van der Waals surface area (Å²) in [4.78, 5) is 14.7. The minimum atomic E-state index is -0.475. The molecule has 4 fully saturated rings. The van der Waals surface area contributed by atoms with Gasteiger partial charge in [0.25, 0.3) is 0 Å². The molecule has 4 heteroatoms. The van der Waals surface area contributed by atoms with Crippen LogP contribution in [-0.4, -0.2) is 29.4 Å². The van der Waals surface area contributed by atoms with E-state index in [2.05, 4.69) is 6.07 Å². The lowest BCUT2D eigenvalue weighted by Crippen LogP contribution is -2.58. The number of para-hydroxylation sites is 1. The molecule has 0 spiro atoms. The molecule has 6 rings (SSSR count). The third-order valence-electron chi connectivity index (χ3n) is 6.72. The van der Waals surface area contributed by atoms with Gasteiger partial charge in [-0.15, -0.1) is 0 Å². The molecular weight excluding hydrogens is 302 g/mol. The molecule has 4 bridgehead atoms. The fraction of sp³-hybridized carbons (Fsp3) is 0.650. The summed E-state index contributed by atoms with van der Waals surface area (Å²) >= 11 is 0. The van der Waals surface area contributed by atoms with Crippen molar-refractivity contribution >= 4 is 11.8 Å². The molecule has 2 unspecified atom stereocenters. The number of aryl methyl sites for hydroxylation is 1. The first-order valence-corrected chi connectivity index (χ1v) is 9.40. The molecule has 24 heavy (non-hydrogen) atoms. The molecule has 1 N–H and O–H groups in total. The van der Waals surface area contributed by atoms with Gasteiger partial charge in [-0.3, -0.25) is 4.90 Å². The maximum Gasteiger partial charge on any atom is 0.414 e. The lowest BCUT2D eigenvalue weighted by Gasteiger charge is -2.57. The van der Waals surface area contributed by atoms with Gasteiger partial charge in [0.1, 0.15) is 6.10 Å². The Hall–Kier alpha value is -1.55. The highest BCUT2D eigenvalue weighted by Crippen LogP contribution is 2.56. The molecule has 1 heterocycles. The molecule has 0 saturated heterocycles. The second-order valence-corrected chi connectivity index (χ2v) is 8.43. The van der Waals surface area contributed by atoms with Crippen molar-refractivity contribution in [3.05, 3.63) is 29.8 Å². The van der Waals surface area contributed by atoms with Crippen LogP contribution in [-0.2, 0) is 11.2 Å². The summed E-state index contributed by atoms with van der Waals surface area (Å²) in [5, 5.41) is 10.7. The van der Waals surface area contributed by atoms with Crippen LogP contribution < -0.4 is 4.90 Å². The van der Waals surface area contributed by atoms with Gasteiger partial charge in [-0.25, -0.2) is 4.79 Å². The number of nitrogens with zero attached hydrogens (tertiary/aromatic N) is 1. The van der Waals surface area contributed by atoms with Gasteiger partial charge in [0.15, 0.2) is 0 Å². The van der Waals surface area contributed by atoms with Crippen LogP contribution in [0.25, 0.3) is 0 Å². The Bertz CT molecular complexity index is 657. The van der Waals surface area contributed by atoms with Crippen molar-refractivity contribution in [3.63, 3.8) is 0 Å².